The van der Waals surface area contributed by atoms with Crippen LogP contribution in [0.15, 0.2) is 36.7 Å². The minimum Gasteiger partial charge on any atom is -0.507 e. The van der Waals surface area contributed by atoms with Gasteiger partial charge in [-0.25, -0.2) is 0 Å². The number of carbonyl (C=O) groups excluding carboxylic acids is 1. The number of rotatable bonds is 6. The topological polar surface area (TPSA) is 109 Å². The van der Waals surface area contributed by atoms with Crippen LogP contribution in [0.2, 0.25) is 0 Å². The molecule has 0 bridgehead atoms. The van der Waals surface area contributed by atoms with Gasteiger partial charge in [0.25, 0.3) is 5.91 Å². The maximum absolute atomic E-state index is 12.2. The highest BCUT2D eigenvalue weighted by atomic mass is 16.3. The molecule has 3 rings (SSSR count). The van der Waals surface area contributed by atoms with Gasteiger partial charge in [0.05, 0.1) is 5.69 Å². The number of para-hydroxylation sites is 1. The molecule has 0 fully saturated rings. The van der Waals surface area contributed by atoms with Gasteiger partial charge in [0.15, 0.2) is 0 Å². The van der Waals surface area contributed by atoms with Crippen LogP contribution in [-0.4, -0.2) is 42.5 Å². The number of nitrogens with zero attached hydrogens (tertiary/aromatic N) is 4. The zero-order valence-electron chi connectivity index (χ0n) is 14.1. The largest absolute Gasteiger partial charge is 0.507 e. The summed E-state index contributed by atoms with van der Waals surface area (Å²) in [6.45, 7) is 4.54. The van der Waals surface area contributed by atoms with Crippen LogP contribution in [0.4, 0.5) is 0 Å². The first-order valence-corrected chi connectivity index (χ1v) is 8.06. The fourth-order valence-electron chi connectivity index (χ4n) is 2.53. The molecule has 0 saturated heterocycles. The number of phenols is 1. The standard InChI is InChI=1S/C17H20N6O2/c1-11(2)23-10-19-22-16(23)7-8-18-17(25)14-9-13(20-21-14)12-5-3-4-6-15(12)24/h3-6,9-11,24H,7-8H2,1-2H3,(H,18,25)(H,20,21). The zero-order chi connectivity index (χ0) is 17.8. The van der Waals surface area contributed by atoms with Crippen molar-refractivity contribution in [3.63, 3.8) is 0 Å². The molecular weight excluding hydrogens is 320 g/mol. The highest BCUT2D eigenvalue weighted by Crippen LogP contribution is 2.27. The van der Waals surface area contributed by atoms with Gasteiger partial charge in [-0.3, -0.25) is 9.89 Å². The highest BCUT2D eigenvalue weighted by molar-refractivity contribution is 5.93. The predicted molar refractivity (Wildman–Crippen MR) is 92.1 cm³/mol. The van der Waals surface area contributed by atoms with Crippen molar-refractivity contribution >= 4 is 5.91 Å². The fraction of sp³-hybridized carbons (Fsp3) is 0.294. The molecule has 8 heteroatoms. The van der Waals surface area contributed by atoms with E-state index >= 15 is 0 Å². The number of H-pyrrole nitrogens is 1. The van der Waals surface area contributed by atoms with E-state index in [0.29, 0.717) is 29.9 Å². The molecule has 2 aromatic heterocycles. The van der Waals surface area contributed by atoms with Crippen LogP contribution in [0.3, 0.4) is 0 Å². The van der Waals surface area contributed by atoms with Crippen LogP contribution >= 0.6 is 0 Å². The minimum atomic E-state index is -0.259. The summed E-state index contributed by atoms with van der Waals surface area (Å²) in [5.41, 5.74) is 1.43. The summed E-state index contributed by atoms with van der Waals surface area (Å²) in [6, 6.07) is 8.74. The van der Waals surface area contributed by atoms with Crippen molar-refractivity contribution in [3.05, 3.63) is 48.2 Å². The second-order valence-corrected chi connectivity index (χ2v) is 5.94. The molecule has 0 aliphatic rings. The predicted octanol–water partition coefficient (Wildman–Crippen LogP) is 1.93. The summed E-state index contributed by atoms with van der Waals surface area (Å²) in [5, 5.41) is 27.5. The monoisotopic (exact) mass is 340 g/mol. The van der Waals surface area contributed by atoms with E-state index in [2.05, 4.69) is 39.6 Å². The third-order valence-electron chi connectivity index (χ3n) is 3.84. The molecular formula is C17H20N6O2. The van der Waals surface area contributed by atoms with Gasteiger partial charge in [-0.2, -0.15) is 5.10 Å². The number of aromatic amines is 1. The zero-order valence-corrected chi connectivity index (χ0v) is 14.1. The molecule has 0 atom stereocenters. The smallest absolute Gasteiger partial charge is 0.269 e. The molecule has 25 heavy (non-hydrogen) atoms. The van der Waals surface area contributed by atoms with E-state index in [4.69, 9.17) is 0 Å². The molecule has 130 valence electrons. The van der Waals surface area contributed by atoms with Gasteiger partial charge in [0, 0.05) is 24.6 Å². The Balaban J connectivity index is 1.61. The Bertz CT molecular complexity index is 867. The average Bonchev–Trinajstić information content (AvgIpc) is 3.24. The van der Waals surface area contributed by atoms with E-state index in [0.717, 1.165) is 5.82 Å². The summed E-state index contributed by atoms with van der Waals surface area (Å²) in [4.78, 5) is 12.2. The van der Waals surface area contributed by atoms with Gasteiger partial charge in [0.1, 0.15) is 23.6 Å². The number of carbonyl (C=O) groups is 1. The first kappa shape index (κ1) is 16.7. The van der Waals surface area contributed by atoms with Crippen molar-refractivity contribution in [3.8, 4) is 17.0 Å². The molecule has 0 aliphatic heterocycles. The molecule has 0 spiro atoms. The summed E-state index contributed by atoms with van der Waals surface area (Å²) < 4.78 is 1.97. The van der Waals surface area contributed by atoms with Crippen molar-refractivity contribution in [1.82, 2.24) is 30.3 Å². The van der Waals surface area contributed by atoms with E-state index in [-0.39, 0.29) is 17.7 Å². The van der Waals surface area contributed by atoms with Gasteiger partial charge < -0.3 is 15.0 Å². The number of nitrogens with one attached hydrogen (secondary N) is 2. The second-order valence-electron chi connectivity index (χ2n) is 5.94. The Morgan fingerprint density at radius 1 is 1.36 bits per heavy atom. The van der Waals surface area contributed by atoms with E-state index < -0.39 is 0 Å². The van der Waals surface area contributed by atoms with Gasteiger partial charge >= 0.3 is 0 Å². The first-order chi connectivity index (χ1) is 12.1. The Morgan fingerprint density at radius 3 is 2.92 bits per heavy atom. The van der Waals surface area contributed by atoms with Gasteiger partial charge in [-0.15, -0.1) is 10.2 Å². The lowest BCUT2D eigenvalue weighted by Gasteiger charge is -2.10. The second kappa shape index (κ2) is 7.16. The highest BCUT2D eigenvalue weighted by Gasteiger charge is 2.13. The number of aromatic nitrogens is 5. The lowest BCUT2D eigenvalue weighted by molar-refractivity contribution is 0.0949. The van der Waals surface area contributed by atoms with Crippen LogP contribution in [0.5, 0.6) is 5.75 Å². The molecule has 0 saturated carbocycles. The lowest BCUT2D eigenvalue weighted by atomic mass is 10.1. The first-order valence-electron chi connectivity index (χ1n) is 8.06. The minimum absolute atomic E-state index is 0.119. The number of amides is 1. The maximum Gasteiger partial charge on any atom is 0.269 e. The summed E-state index contributed by atoms with van der Waals surface area (Å²) >= 11 is 0. The third-order valence-corrected chi connectivity index (χ3v) is 3.84. The number of hydrogen-bond acceptors (Lipinski definition) is 5. The van der Waals surface area contributed by atoms with Crippen LogP contribution in [0.25, 0.3) is 11.3 Å². The van der Waals surface area contributed by atoms with Crippen molar-refractivity contribution in [2.45, 2.75) is 26.3 Å². The quantitative estimate of drug-likeness (QED) is 0.635. The van der Waals surface area contributed by atoms with Crippen LogP contribution in [-0.2, 0) is 6.42 Å². The Hall–Kier alpha value is -3.16. The normalized spacial score (nSPS) is 11.0. The molecule has 3 aromatic rings. The van der Waals surface area contributed by atoms with E-state index in [1.165, 1.54) is 0 Å². The number of phenolic OH excluding ortho intramolecular Hbond substituents is 1. The van der Waals surface area contributed by atoms with Crippen LogP contribution < -0.4 is 5.32 Å². The number of aromatic hydroxyl groups is 1. The summed E-state index contributed by atoms with van der Waals surface area (Å²) in [5.74, 6) is 0.688. The van der Waals surface area contributed by atoms with Crippen LogP contribution in [0, 0.1) is 0 Å². The summed E-state index contributed by atoms with van der Waals surface area (Å²) in [6.07, 6.45) is 2.28. The molecule has 8 nitrogen and oxygen atoms in total. The molecule has 3 N–H and O–H groups in total. The fourth-order valence-corrected chi connectivity index (χ4v) is 2.53. The molecule has 0 radical (unpaired) electrons. The van der Waals surface area contributed by atoms with Gasteiger partial charge in [0.2, 0.25) is 0 Å². The average molecular weight is 340 g/mol. The van der Waals surface area contributed by atoms with Crippen LogP contribution in [0.1, 0.15) is 36.2 Å². The van der Waals surface area contributed by atoms with Gasteiger partial charge in [-0.1, -0.05) is 12.1 Å². The van der Waals surface area contributed by atoms with Crippen molar-refractivity contribution < 1.29 is 9.90 Å². The SMILES string of the molecule is CC(C)n1cnnc1CCNC(=O)c1cc(-c2ccccc2O)n[nH]1. The Morgan fingerprint density at radius 2 is 2.16 bits per heavy atom. The van der Waals surface area contributed by atoms with E-state index in [9.17, 15) is 9.90 Å². The number of hydrogen-bond donors (Lipinski definition) is 3. The molecule has 1 amide bonds. The Kier molecular flexibility index (Phi) is 4.78. The van der Waals surface area contributed by atoms with E-state index in [1.807, 2.05) is 4.57 Å². The lowest BCUT2D eigenvalue weighted by Crippen LogP contribution is -2.27. The molecule has 0 aliphatic carbocycles. The van der Waals surface area contributed by atoms with Gasteiger partial charge in [-0.05, 0) is 32.0 Å². The molecule has 2 heterocycles. The molecule has 1 aromatic carbocycles. The summed E-state index contributed by atoms with van der Waals surface area (Å²) in [7, 11) is 0. The van der Waals surface area contributed by atoms with Crippen molar-refractivity contribution in [2.75, 3.05) is 6.54 Å². The maximum atomic E-state index is 12.2. The Labute approximate surface area is 144 Å². The van der Waals surface area contributed by atoms with E-state index in [1.54, 1.807) is 36.7 Å². The van der Waals surface area contributed by atoms with Crippen molar-refractivity contribution in [1.29, 1.82) is 0 Å². The number of benzene rings is 1. The third kappa shape index (κ3) is 3.68. The van der Waals surface area contributed by atoms with Crippen molar-refractivity contribution in [2.24, 2.45) is 0 Å². The molecule has 0 unspecified atom stereocenters.